The first-order valence-electron chi connectivity index (χ1n) is 6.77. The summed E-state index contributed by atoms with van der Waals surface area (Å²) < 4.78 is 0. The minimum absolute atomic E-state index is 0.00361. The second-order valence-corrected chi connectivity index (χ2v) is 6.85. The summed E-state index contributed by atoms with van der Waals surface area (Å²) >= 11 is 0. The average molecular weight is 240 g/mol. The molecular formula is C14H28N2O. The lowest BCUT2D eigenvalue weighted by Crippen LogP contribution is -2.53. The third-order valence-electron chi connectivity index (χ3n) is 3.97. The molecule has 3 N–H and O–H groups in total. The Morgan fingerprint density at radius 3 is 2.35 bits per heavy atom. The van der Waals surface area contributed by atoms with E-state index in [1.165, 1.54) is 12.8 Å². The number of nitrogens with one attached hydrogen (secondary N) is 1. The van der Waals surface area contributed by atoms with Gasteiger partial charge in [0, 0.05) is 6.04 Å². The van der Waals surface area contributed by atoms with E-state index in [2.05, 4.69) is 19.2 Å². The molecule has 0 aromatic rings. The highest BCUT2D eigenvalue weighted by molar-refractivity contribution is 5.82. The number of hydrogen-bond acceptors (Lipinski definition) is 2. The summed E-state index contributed by atoms with van der Waals surface area (Å²) in [5.74, 6) is 1.35. The molecule has 4 atom stereocenters. The van der Waals surface area contributed by atoms with Gasteiger partial charge in [-0.25, -0.2) is 0 Å². The van der Waals surface area contributed by atoms with Gasteiger partial charge in [0.05, 0.1) is 6.04 Å². The second kappa shape index (κ2) is 5.38. The van der Waals surface area contributed by atoms with Crippen molar-refractivity contribution in [2.24, 2.45) is 23.0 Å². The SMILES string of the molecule is CC1CCC(NC(=O)C(N)C(C)(C)C)C(C)C1. The number of carbonyl (C=O) groups is 1. The van der Waals surface area contributed by atoms with E-state index < -0.39 is 6.04 Å². The Kier molecular flexibility index (Phi) is 4.59. The zero-order valence-corrected chi connectivity index (χ0v) is 11.9. The van der Waals surface area contributed by atoms with Crippen molar-refractivity contribution in [2.75, 3.05) is 0 Å². The predicted octanol–water partition coefficient (Wildman–Crippen LogP) is 2.30. The smallest absolute Gasteiger partial charge is 0.237 e. The molecular weight excluding hydrogens is 212 g/mol. The van der Waals surface area contributed by atoms with Crippen LogP contribution < -0.4 is 11.1 Å². The first-order chi connectivity index (χ1) is 7.71. The molecule has 17 heavy (non-hydrogen) atoms. The number of hydrogen-bond donors (Lipinski definition) is 2. The summed E-state index contributed by atoms with van der Waals surface area (Å²) in [7, 11) is 0. The molecule has 1 aliphatic rings. The normalized spacial score (nSPS) is 32.0. The molecule has 3 heteroatoms. The highest BCUT2D eigenvalue weighted by atomic mass is 16.2. The molecule has 3 nitrogen and oxygen atoms in total. The zero-order valence-electron chi connectivity index (χ0n) is 11.9. The van der Waals surface area contributed by atoms with Gasteiger partial charge in [0.2, 0.25) is 5.91 Å². The van der Waals surface area contributed by atoms with Crippen LogP contribution >= 0.6 is 0 Å². The first-order valence-corrected chi connectivity index (χ1v) is 6.77. The minimum atomic E-state index is -0.422. The number of rotatable bonds is 2. The Morgan fingerprint density at radius 2 is 1.88 bits per heavy atom. The average Bonchev–Trinajstić information content (AvgIpc) is 2.19. The maximum atomic E-state index is 12.0. The molecule has 0 aromatic heterocycles. The minimum Gasteiger partial charge on any atom is -0.352 e. The molecule has 1 rings (SSSR count). The quantitative estimate of drug-likeness (QED) is 0.778. The molecule has 0 aromatic carbocycles. The summed E-state index contributed by atoms with van der Waals surface area (Å²) in [4.78, 5) is 12.0. The molecule has 1 aliphatic carbocycles. The number of nitrogens with two attached hydrogens (primary N) is 1. The summed E-state index contributed by atoms with van der Waals surface area (Å²) in [6.45, 7) is 10.5. The van der Waals surface area contributed by atoms with E-state index in [9.17, 15) is 4.79 Å². The van der Waals surface area contributed by atoms with Crippen LogP contribution in [-0.2, 0) is 4.79 Å². The van der Waals surface area contributed by atoms with Gasteiger partial charge in [0.25, 0.3) is 0 Å². The van der Waals surface area contributed by atoms with E-state index >= 15 is 0 Å². The van der Waals surface area contributed by atoms with Crippen molar-refractivity contribution in [3.63, 3.8) is 0 Å². The van der Waals surface area contributed by atoms with Crippen LogP contribution in [0.4, 0.5) is 0 Å². The standard InChI is InChI=1S/C14H28N2O/c1-9-6-7-11(10(2)8-9)16-13(17)12(15)14(3,4)5/h9-12H,6-8,15H2,1-5H3,(H,16,17). The molecule has 1 saturated carbocycles. The Bertz CT molecular complexity index is 270. The Labute approximate surface area is 106 Å². The van der Waals surface area contributed by atoms with Crippen LogP contribution in [0, 0.1) is 17.3 Å². The Balaban J connectivity index is 2.52. The van der Waals surface area contributed by atoms with Crippen molar-refractivity contribution >= 4 is 5.91 Å². The summed E-state index contributed by atoms with van der Waals surface area (Å²) in [6.07, 6.45) is 3.50. The van der Waals surface area contributed by atoms with Crippen molar-refractivity contribution in [3.8, 4) is 0 Å². The van der Waals surface area contributed by atoms with E-state index in [1.54, 1.807) is 0 Å². The molecule has 0 bridgehead atoms. The van der Waals surface area contributed by atoms with E-state index in [1.807, 2.05) is 20.8 Å². The summed E-state index contributed by atoms with van der Waals surface area (Å²) in [5, 5.41) is 3.13. The van der Waals surface area contributed by atoms with Crippen LogP contribution in [0.2, 0.25) is 0 Å². The van der Waals surface area contributed by atoms with Crippen molar-refractivity contribution in [3.05, 3.63) is 0 Å². The molecule has 1 fully saturated rings. The molecule has 0 saturated heterocycles. The highest BCUT2D eigenvalue weighted by Gasteiger charge is 2.32. The predicted molar refractivity (Wildman–Crippen MR) is 71.5 cm³/mol. The fraction of sp³-hybridized carbons (Fsp3) is 0.929. The van der Waals surface area contributed by atoms with Gasteiger partial charge in [-0.05, 0) is 36.5 Å². The van der Waals surface area contributed by atoms with Gasteiger partial charge in [-0.15, -0.1) is 0 Å². The van der Waals surface area contributed by atoms with Crippen molar-refractivity contribution in [2.45, 2.75) is 66.0 Å². The fourth-order valence-corrected chi connectivity index (χ4v) is 2.55. The Hall–Kier alpha value is -0.570. The van der Waals surface area contributed by atoms with Gasteiger partial charge in [0.15, 0.2) is 0 Å². The highest BCUT2D eigenvalue weighted by Crippen LogP contribution is 2.29. The third kappa shape index (κ3) is 3.98. The zero-order chi connectivity index (χ0) is 13.2. The van der Waals surface area contributed by atoms with Crippen LogP contribution in [0.1, 0.15) is 53.9 Å². The summed E-state index contributed by atoms with van der Waals surface area (Å²) in [5.41, 5.74) is 5.80. The molecule has 0 radical (unpaired) electrons. The van der Waals surface area contributed by atoms with Crippen LogP contribution in [0.15, 0.2) is 0 Å². The maximum absolute atomic E-state index is 12.0. The molecule has 4 unspecified atom stereocenters. The van der Waals surface area contributed by atoms with Crippen LogP contribution in [-0.4, -0.2) is 18.0 Å². The second-order valence-electron chi connectivity index (χ2n) is 6.85. The molecule has 100 valence electrons. The third-order valence-corrected chi connectivity index (χ3v) is 3.97. The monoisotopic (exact) mass is 240 g/mol. The lowest BCUT2D eigenvalue weighted by molar-refractivity contribution is -0.125. The van der Waals surface area contributed by atoms with Crippen LogP contribution in [0.3, 0.4) is 0 Å². The summed E-state index contributed by atoms with van der Waals surface area (Å²) in [6, 6.07) is -0.110. The van der Waals surface area contributed by atoms with E-state index in [0.29, 0.717) is 12.0 Å². The van der Waals surface area contributed by atoms with E-state index in [4.69, 9.17) is 5.73 Å². The lowest BCUT2D eigenvalue weighted by Gasteiger charge is -2.35. The molecule has 0 spiro atoms. The van der Waals surface area contributed by atoms with Crippen molar-refractivity contribution in [1.29, 1.82) is 0 Å². The largest absolute Gasteiger partial charge is 0.352 e. The van der Waals surface area contributed by atoms with E-state index in [0.717, 1.165) is 12.3 Å². The lowest BCUT2D eigenvalue weighted by atomic mass is 9.79. The van der Waals surface area contributed by atoms with Crippen LogP contribution in [0.5, 0.6) is 0 Å². The number of amides is 1. The van der Waals surface area contributed by atoms with Crippen molar-refractivity contribution in [1.82, 2.24) is 5.32 Å². The number of carbonyl (C=O) groups excluding carboxylic acids is 1. The van der Waals surface area contributed by atoms with Gasteiger partial charge in [-0.3, -0.25) is 4.79 Å². The first kappa shape index (κ1) is 14.5. The topological polar surface area (TPSA) is 55.1 Å². The molecule has 0 aliphatic heterocycles. The Morgan fingerprint density at radius 1 is 1.29 bits per heavy atom. The van der Waals surface area contributed by atoms with Crippen molar-refractivity contribution < 1.29 is 4.79 Å². The van der Waals surface area contributed by atoms with Gasteiger partial charge < -0.3 is 11.1 Å². The van der Waals surface area contributed by atoms with Gasteiger partial charge in [0.1, 0.15) is 0 Å². The van der Waals surface area contributed by atoms with Crippen LogP contribution in [0.25, 0.3) is 0 Å². The van der Waals surface area contributed by atoms with Gasteiger partial charge >= 0.3 is 0 Å². The fourth-order valence-electron chi connectivity index (χ4n) is 2.55. The van der Waals surface area contributed by atoms with Gasteiger partial charge in [-0.1, -0.05) is 34.6 Å². The maximum Gasteiger partial charge on any atom is 0.237 e. The van der Waals surface area contributed by atoms with Gasteiger partial charge in [-0.2, -0.15) is 0 Å². The van der Waals surface area contributed by atoms with E-state index in [-0.39, 0.29) is 11.3 Å². The molecule has 0 heterocycles. The molecule has 1 amide bonds.